The van der Waals surface area contributed by atoms with Crippen LogP contribution in [0.3, 0.4) is 0 Å². The fraction of sp³-hybridized carbons (Fsp3) is 0.250. The van der Waals surface area contributed by atoms with Gasteiger partial charge in [0, 0.05) is 34.8 Å². The fourth-order valence-corrected chi connectivity index (χ4v) is 3.67. The second kappa shape index (κ2) is 8.18. The molecule has 0 amide bonds. The van der Waals surface area contributed by atoms with Gasteiger partial charge in [-0.15, -0.1) is 0 Å². The van der Waals surface area contributed by atoms with Crippen LogP contribution in [0.5, 0.6) is 23.0 Å². The Balaban J connectivity index is 2.21. The Bertz CT molecular complexity index is 922. The molecule has 1 aromatic heterocycles. The number of anilines is 1. The standard InChI is InChI=1S/C20H22N2O4S/c1-21-13-8-6-12(7-9-13)17-15(11-27-22-17)14-10-16(23-2)19(25-4)20(26-5)18(14)24-3/h6-11,21H,1-5H3. The lowest BCUT2D eigenvalue weighted by Gasteiger charge is -2.18. The molecule has 142 valence electrons. The number of ether oxygens (including phenoxy) is 4. The Kier molecular flexibility index (Phi) is 5.71. The highest BCUT2D eigenvalue weighted by atomic mass is 32.1. The van der Waals surface area contributed by atoms with Gasteiger partial charge in [-0.1, -0.05) is 12.1 Å². The van der Waals surface area contributed by atoms with Gasteiger partial charge in [-0.05, 0) is 29.7 Å². The zero-order valence-electron chi connectivity index (χ0n) is 16.0. The first-order chi connectivity index (χ1) is 13.2. The second-order valence-corrected chi connectivity index (χ2v) is 6.26. The molecule has 3 rings (SSSR count). The lowest BCUT2D eigenvalue weighted by atomic mass is 9.99. The van der Waals surface area contributed by atoms with Gasteiger partial charge in [-0.25, -0.2) is 0 Å². The van der Waals surface area contributed by atoms with Crippen LogP contribution in [-0.4, -0.2) is 39.9 Å². The molecule has 1 N–H and O–H groups in total. The monoisotopic (exact) mass is 386 g/mol. The smallest absolute Gasteiger partial charge is 0.207 e. The van der Waals surface area contributed by atoms with Gasteiger partial charge in [-0.2, -0.15) is 4.37 Å². The van der Waals surface area contributed by atoms with Crippen LogP contribution < -0.4 is 24.3 Å². The molecule has 0 saturated carbocycles. The van der Waals surface area contributed by atoms with E-state index in [4.69, 9.17) is 18.9 Å². The van der Waals surface area contributed by atoms with Gasteiger partial charge in [0.15, 0.2) is 11.5 Å². The first-order valence-corrected chi connectivity index (χ1v) is 9.12. The number of aromatic nitrogens is 1. The normalized spacial score (nSPS) is 10.4. The van der Waals surface area contributed by atoms with Crippen molar-refractivity contribution in [3.8, 4) is 45.4 Å². The quantitative estimate of drug-likeness (QED) is 0.643. The number of nitrogens with one attached hydrogen (secondary N) is 1. The van der Waals surface area contributed by atoms with Gasteiger partial charge in [0.25, 0.3) is 0 Å². The molecular formula is C20H22N2O4S. The number of methoxy groups -OCH3 is 4. The summed E-state index contributed by atoms with van der Waals surface area (Å²) in [6.07, 6.45) is 0. The van der Waals surface area contributed by atoms with Crippen molar-refractivity contribution < 1.29 is 18.9 Å². The summed E-state index contributed by atoms with van der Waals surface area (Å²) < 4.78 is 26.8. The lowest BCUT2D eigenvalue weighted by Crippen LogP contribution is -2.00. The topological polar surface area (TPSA) is 61.8 Å². The van der Waals surface area contributed by atoms with Gasteiger partial charge in [-0.3, -0.25) is 0 Å². The third-order valence-electron chi connectivity index (χ3n) is 4.30. The minimum absolute atomic E-state index is 0.483. The maximum Gasteiger partial charge on any atom is 0.207 e. The van der Waals surface area contributed by atoms with Crippen molar-refractivity contribution in [2.45, 2.75) is 0 Å². The van der Waals surface area contributed by atoms with Crippen LogP contribution in [0.2, 0.25) is 0 Å². The Morgan fingerprint density at radius 1 is 0.815 bits per heavy atom. The number of benzene rings is 2. The molecule has 1 heterocycles. The molecule has 0 unspecified atom stereocenters. The van der Waals surface area contributed by atoms with E-state index in [1.54, 1.807) is 28.4 Å². The van der Waals surface area contributed by atoms with E-state index >= 15 is 0 Å². The maximum absolute atomic E-state index is 5.67. The van der Waals surface area contributed by atoms with Gasteiger partial charge >= 0.3 is 0 Å². The largest absolute Gasteiger partial charge is 0.493 e. The molecule has 0 bridgehead atoms. The molecular weight excluding hydrogens is 364 g/mol. The van der Waals surface area contributed by atoms with Crippen molar-refractivity contribution in [1.82, 2.24) is 4.37 Å². The predicted molar refractivity (Wildman–Crippen MR) is 109 cm³/mol. The number of hydrogen-bond donors (Lipinski definition) is 1. The number of rotatable bonds is 7. The van der Waals surface area contributed by atoms with Crippen molar-refractivity contribution in [2.24, 2.45) is 0 Å². The van der Waals surface area contributed by atoms with E-state index in [0.29, 0.717) is 23.0 Å². The van der Waals surface area contributed by atoms with E-state index < -0.39 is 0 Å². The minimum Gasteiger partial charge on any atom is -0.493 e. The first-order valence-electron chi connectivity index (χ1n) is 8.28. The Labute approximate surface area is 162 Å². The molecule has 7 heteroatoms. The van der Waals surface area contributed by atoms with Crippen molar-refractivity contribution in [3.05, 3.63) is 35.7 Å². The molecule has 0 atom stereocenters. The van der Waals surface area contributed by atoms with Crippen LogP contribution in [0.4, 0.5) is 5.69 Å². The highest BCUT2D eigenvalue weighted by Crippen LogP contribution is 2.51. The van der Waals surface area contributed by atoms with E-state index in [1.165, 1.54) is 11.5 Å². The number of nitrogens with zero attached hydrogens (tertiary/aromatic N) is 1. The van der Waals surface area contributed by atoms with Crippen molar-refractivity contribution in [2.75, 3.05) is 40.8 Å². The highest BCUT2D eigenvalue weighted by Gasteiger charge is 2.24. The summed E-state index contributed by atoms with van der Waals surface area (Å²) in [5, 5.41) is 5.11. The molecule has 3 aromatic rings. The summed E-state index contributed by atoms with van der Waals surface area (Å²) in [6.45, 7) is 0. The molecule has 2 aromatic carbocycles. The third-order valence-corrected chi connectivity index (χ3v) is 4.92. The Morgan fingerprint density at radius 2 is 1.48 bits per heavy atom. The van der Waals surface area contributed by atoms with Gasteiger partial charge in [0.2, 0.25) is 11.5 Å². The molecule has 0 aliphatic rings. The number of hydrogen-bond acceptors (Lipinski definition) is 7. The van der Waals surface area contributed by atoms with E-state index in [1.807, 2.05) is 42.8 Å². The van der Waals surface area contributed by atoms with Gasteiger partial charge in [0.05, 0.1) is 34.1 Å². The first kappa shape index (κ1) is 18.8. The SMILES string of the molecule is CNc1ccc(-c2nscc2-c2cc(OC)c(OC)c(OC)c2OC)cc1. The van der Waals surface area contributed by atoms with E-state index in [9.17, 15) is 0 Å². The molecule has 0 fully saturated rings. The molecule has 0 radical (unpaired) electrons. The summed E-state index contributed by atoms with van der Waals surface area (Å²) in [7, 11) is 8.24. The van der Waals surface area contributed by atoms with Gasteiger partial charge < -0.3 is 24.3 Å². The van der Waals surface area contributed by atoms with E-state index in [0.717, 1.165) is 28.1 Å². The second-order valence-electron chi connectivity index (χ2n) is 5.63. The summed E-state index contributed by atoms with van der Waals surface area (Å²) in [5.74, 6) is 2.11. The molecule has 0 saturated heterocycles. The average molecular weight is 386 g/mol. The summed E-state index contributed by atoms with van der Waals surface area (Å²) >= 11 is 1.39. The summed E-state index contributed by atoms with van der Waals surface area (Å²) in [5.41, 5.74) is 4.69. The highest BCUT2D eigenvalue weighted by molar-refractivity contribution is 7.04. The molecule has 0 spiro atoms. The van der Waals surface area contributed by atoms with Crippen LogP contribution in [0.25, 0.3) is 22.4 Å². The van der Waals surface area contributed by atoms with Crippen LogP contribution in [0.15, 0.2) is 35.7 Å². The molecule has 0 aliphatic carbocycles. The Morgan fingerprint density at radius 3 is 2.04 bits per heavy atom. The molecule has 6 nitrogen and oxygen atoms in total. The fourth-order valence-electron chi connectivity index (χ4n) is 2.96. The van der Waals surface area contributed by atoms with Crippen molar-refractivity contribution in [1.29, 1.82) is 0 Å². The van der Waals surface area contributed by atoms with E-state index in [2.05, 4.69) is 9.69 Å². The van der Waals surface area contributed by atoms with Crippen LogP contribution in [0.1, 0.15) is 0 Å². The van der Waals surface area contributed by atoms with Crippen LogP contribution in [0, 0.1) is 0 Å². The predicted octanol–water partition coefficient (Wildman–Crippen LogP) is 4.55. The minimum atomic E-state index is 0.483. The lowest BCUT2D eigenvalue weighted by molar-refractivity contribution is 0.306. The van der Waals surface area contributed by atoms with Crippen LogP contribution in [-0.2, 0) is 0 Å². The Hall–Kier alpha value is -2.93. The zero-order chi connectivity index (χ0) is 19.4. The van der Waals surface area contributed by atoms with E-state index in [-0.39, 0.29) is 0 Å². The van der Waals surface area contributed by atoms with Crippen molar-refractivity contribution >= 4 is 17.2 Å². The maximum atomic E-state index is 5.67. The molecule has 0 aliphatic heterocycles. The average Bonchev–Trinajstić information content (AvgIpc) is 3.21. The van der Waals surface area contributed by atoms with Gasteiger partial charge in [0.1, 0.15) is 0 Å². The zero-order valence-corrected chi connectivity index (χ0v) is 16.8. The summed E-state index contributed by atoms with van der Waals surface area (Å²) in [4.78, 5) is 0. The summed E-state index contributed by atoms with van der Waals surface area (Å²) in [6, 6.07) is 9.99. The third kappa shape index (κ3) is 3.38. The molecule has 27 heavy (non-hydrogen) atoms. The van der Waals surface area contributed by atoms with Crippen LogP contribution >= 0.6 is 11.5 Å². The van der Waals surface area contributed by atoms with Crippen molar-refractivity contribution in [3.63, 3.8) is 0 Å².